The Morgan fingerprint density at radius 2 is 2.16 bits per heavy atom. The molecule has 0 bridgehead atoms. The fourth-order valence-electron chi connectivity index (χ4n) is 1.39. The Labute approximate surface area is 113 Å². The summed E-state index contributed by atoms with van der Waals surface area (Å²) >= 11 is 5.86. The fraction of sp³-hybridized carbons (Fsp3) is 0.0909. The Morgan fingerprint density at radius 3 is 2.79 bits per heavy atom. The Hall–Kier alpha value is -2.25. The molecule has 2 rings (SSSR count). The number of carbonyl (C=O) groups is 1. The highest BCUT2D eigenvalue weighted by atomic mass is 35.5. The van der Waals surface area contributed by atoms with Gasteiger partial charge in [0.2, 0.25) is 5.91 Å². The van der Waals surface area contributed by atoms with Crippen LogP contribution in [0.15, 0.2) is 29.1 Å². The third-order valence-corrected chi connectivity index (χ3v) is 2.53. The molecule has 8 heteroatoms. The van der Waals surface area contributed by atoms with Gasteiger partial charge in [-0.15, -0.1) is 0 Å². The van der Waals surface area contributed by atoms with Crippen LogP contribution in [0.5, 0.6) is 0 Å². The van der Waals surface area contributed by atoms with Gasteiger partial charge in [0.1, 0.15) is 5.82 Å². The van der Waals surface area contributed by atoms with Gasteiger partial charge in [-0.25, -0.2) is 15.6 Å². The minimum Gasteiger partial charge on any atom is -0.290 e. The number of anilines is 1. The van der Waals surface area contributed by atoms with Crippen molar-refractivity contribution < 1.29 is 4.79 Å². The van der Waals surface area contributed by atoms with Crippen LogP contribution >= 0.6 is 11.6 Å². The molecule has 19 heavy (non-hydrogen) atoms. The van der Waals surface area contributed by atoms with Gasteiger partial charge in [0.05, 0.1) is 0 Å². The number of H-pyrrole nitrogens is 1. The minimum atomic E-state index is -0.656. The number of nitrogens with one attached hydrogen (secondary N) is 1. The van der Waals surface area contributed by atoms with E-state index in [1.807, 2.05) is 0 Å². The fourth-order valence-corrected chi connectivity index (χ4v) is 1.58. The van der Waals surface area contributed by atoms with Crippen molar-refractivity contribution in [1.82, 2.24) is 15.0 Å². The first-order valence-corrected chi connectivity index (χ1v) is 5.65. The monoisotopic (exact) mass is 279 g/mol. The number of nitrogens with two attached hydrogens (primary N) is 1. The van der Waals surface area contributed by atoms with E-state index < -0.39 is 11.6 Å². The first kappa shape index (κ1) is 13.2. The average Bonchev–Trinajstić information content (AvgIpc) is 2.37. The maximum Gasteiger partial charge on any atom is 0.349 e. The molecule has 0 radical (unpaired) electrons. The third-order valence-electron chi connectivity index (χ3n) is 2.29. The summed E-state index contributed by atoms with van der Waals surface area (Å²) in [5.74, 6) is 5.04. The van der Waals surface area contributed by atoms with Crippen LogP contribution in [-0.4, -0.2) is 20.9 Å². The van der Waals surface area contributed by atoms with E-state index in [9.17, 15) is 9.59 Å². The summed E-state index contributed by atoms with van der Waals surface area (Å²) in [6.45, 7) is 1.24. The van der Waals surface area contributed by atoms with Crippen LogP contribution in [0.2, 0.25) is 5.02 Å². The van der Waals surface area contributed by atoms with Crippen molar-refractivity contribution in [2.45, 2.75) is 6.92 Å². The Bertz CT molecular complexity index is 685. The molecule has 1 aromatic heterocycles. The van der Waals surface area contributed by atoms with E-state index in [-0.39, 0.29) is 11.8 Å². The summed E-state index contributed by atoms with van der Waals surface area (Å²) in [7, 11) is 0. The molecule has 7 nitrogen and oxygen atoms in total. The van der Waals surface area contributed by atoms with Crippen molar-refractivity contribution in [3.05, 3.63) is 39.8 Å². The number of hydrogen-bond donors (Lipinski definition) is 2. The zero-order valence-corrected chi connectivity index (χ0v) is 10.7. The van der Waals surface area contributed by atoms with Gasteiger partial charge >= 0.3 is 5.69 Å². The number of aromatic amines is 1. The van der Waals surface area contributed by atoms with Gasteiger partial charge < -0.3 is 0 Å². The number of halogens is 1. The Balaban J connectivity index is 2.54. The van der Waals surface area contributed by atoms with E-state index in [0.717, 1.165) is 0 Å². The van der Waals surface area contributed by atoms with Gasteiger partial charge in [0, 0.05) is 17.5 Å². The molecule has 0 saturated carbocycles. The van der Waals surface area contributed by atoms with Gasteiger partial charge in [-0.05, 0) is 12.1 Å². The van der Waals surface area contributed by atoms with Crippen molar-refractivity contribution in [1.29, 1.82) is 0 Å². The molecule has 0 fully saturated rings. The number of carbonyl (C=O) groups excluding carboxylic acids is 1. The van der Waals surface area contributed by atoms with Crippen LogP contribution in [0.1, 0.15) is 6.92 Å². The molecule has 0 unspecified atom stereocenters. The molecule has 0 saturated heterocycles. The molecule has 1 amide bonds. The standard InChI is InChI=1S/C11H10ClN5O2/c1-6(18)17(13)10-14-9(15-11(19)16-10)7-3-2-4-8(12)5-7/h2-5H,13H2,1H3,(H,14,15,16,19). The van der Waals surface area contributed by atoms with Crippen LogP contribution in [0.25, 0.3) is 11.4 Å². The normalized spacial score (nSPS) is 10.3. The molecular weight excluding hydrogens is 270 g/mol. The number of amides is 1. The predicted molar refractivity (Wildman–Crippen MR) is 70.4 cm³/mol. The third kappa shape index (κ3) is 2.95. The lowest BCUT2D eigenvalue weighted by molar-refractivity contribution is -0.116. The molecule has 1 heterocycles. The van der Waals surface area contributed by atoms with Crippen molar-refractivity contribution in [3.63, 3.8) is 0 Å². The highest BCUT2D eigenvalue weighted by Gasteiger charge is 2.13. The summed E-state index contributed by atoms with van der Waals surface area (Å²) < 4.78 is 0. The van der Waals surface area contributed by atoms with Crippen LogP contribution < -0.4 is 16.5 Å². The van der Waals surface area contributed by atoms with Crippen LogP contribution in [-0.2, 0) is 4.79 Å². The lowest BCUT2D eigenvalue weighted by Crippen LogP contribution is -2.38. The molecule has 0 spiro atoms. The van der Waals surface area contributed by atoms with E-state index in [4.69, 9.17) is 17.4 Å². The van der Waals surface area contributed by atoms with Gasteiger partial charge in [0.25, 0.3) is 5.95 Å². The van der Waals surface area contributed by atoms with E-state index in [1.54, 1.807) is 24.3 Å². The van der Waals surface area contributed by atoms with Gasteiger partial charge in [0.15, 0.2) is 0 Å². The smallest absolute Gasteiger partial charge is 0.290 e. The van der Waals surface area contributed by atoms with Crippen molar-refractivity contribution in [2.75, 3.05) is 5.01 Å². The second kappa shape index (κ2) is 5.17. The summed E-state index contributed by atoms with van der Waals surface area (Å²) in [6, 6.07) is 6.74. The van der Waals surface area contributed by atoms with Crippen LogP contribution in [0.4, 0.5) is 5.95 Å². The lowest BCUT2D eigenvalue weighted by Gasteiger charge is -2.12. The average molecular weight is 280 g/mol. The molecule has 0 atom stereocenters. The molecule has 1 aromatic carbocycles. The number of nitrogens with zero attached hydrogens (tertiary/aromatic N) is 3. The number of benzene rings is 1. The molecular formula is C11H10ClN5O2. The lowest BCUT2D eigenvalue weighted by atomic mass is 10.2. The van der Waals surface area contributed by atoms with E-state index >= 15 is 0 Å². The van der Waals surface area contributed by atoms with E-state index in [1.165, 1.54) is 6.92 Å². The van der Waals surface area contributed by atoms with Crippen molar-refractivity contribution in [3.8, 4) is 11.4 Å². The molecule has 3 N–H and O–H groups in total. The van der Waals surface area contributed by atoms with Gasteiger partial charge in [-0.2, -0.15) is 9.97 Å². The zero-order valence-electron chi connectivity index (χ0n) is 9.92. The maximum absolute atomic E-state index is 11.5. The van der Waals surface area contributed by atoms with E-state index in [2.05, 4.69) is 15.0 Å². The number of hydrogen-bond acceptors (Lipinski definition) is 5. The van der Waals surface area contributed by atoms with Crippen LogP contribution in [0.3, 0.4) is 0 Å². The highest BCUT2D eigenvalue weighted by molar-refractivity contribution is 6.30. The van der Waals surface area contributed by atoms with Crippen LogP contribution in [0, 0.1) is 0 Å². The second-order valence-electron chi connectivity index (χ2n) is 3.70. The summed E-state index contributed by atoms with van der Waals surface area (Å²) in [6.07, 6.45) is 0. The quantitative estimate of drug-likeness (QED) is 0.478. The number of aromatic nitrogens is 3. The number of hydrazine groups is 1. The molecule has 0 aliphatic carbocycles. The SMILES string of the molecule is CC(=O)N(N)c1nc(-c2cccc(Cl)c2)[nH]c(=O)n1. The molecule has 98 valence electrons. The summed E-state index contributed by atoms with van der Waals surface area (Å²) in [4.78, 5) is 32.6. The molecule has 0 aliphatic heterocycles. The minimum absolute atomic E-state index is 0.175. The van der Waals surface area contributed by atoms with E-state index in [0.29, 0.717) is 15.6 Å². The first-order chi connectivity index (χ1) is 8.97. The summed E-state index contributed by atoms with van der Waals surface area (Å²) in [5.41, 5.74) is -0.0677. The summed E-state index contributed by atoms with van der Waals surface area (Å²) in [5, 5.41) is 1.19. The molecule has 0 aliphatic rings. The Kier molecular flexibility index (Phi) is 3.59. The first-order valence-electron chi connectivity index (χ1n) is 5.27. The zero-order chi connectivity index (χ0) is 14.0. The molecule has 2 aromatic rings. The van der Waals surface area contributed by atoms with Crippen molar-refractivity contribution in [2.24, 2.45) is 5.84 Å². The second-order valence-corrected chi connectivity index (χ2v) is 4.14. The number of rotatable bonds is 2. The Morgan fingerprint density at radius 1 is 1.42 bits per heavy atom. The largest absolute Gasteiger partial charge is 0.349 e. The van der Waals surface area contributed by atoms with Gasteiger partial charge in [-0.3, -0.25) is 9.78 Å². The maximum atomic E-state index is 11.5. The van der Waals surface area contributed by atoms with Gasteiger partial charge in [-0.1, -0.05) is 23.7 Å². The topological polar surface area (TPSA) is 105 Å². The van der Waals surface area contributed by atoms with Crippen molar-refractivity contribution >= 4 is 23.5 Å². The highest BCUT2D eigenvalue weighted by Crippen LogP contribution is 2.19. The predicted octanol–water partition coefficient (Wildman–Crippen LogP) is 0.712.